The van der Waals surface area contributed by atoms with Gasteiger partial charge in [-0.25, -0.2) is 0 Å². The van der Waals surface area contributed by atoms with Crippen molar-refractivity contribution in [2.24, 2.45) is 0 Å². The van der Waals surface area contributed by atoms with Crippen LogP contribution in [0.3, 0.4) is 0 Å². The smallest absolute Gasteiger partial charge is 0.406 e. The summed E-state index contributed by atoms with van der Waals surface area (Å²) in [7, 11) is -2.49. The van der Waals surface area contributed by atoms with Gasteiger partial charge in [-0.1, -0.05) is 46.9 Å². The molecule has 1 aliphatic rings. The SMILES string of the molecule is CS(O)(NC1CCN(Cc2ccc(-c3ccccn3)cc2)C1)c1cccc(OC(F)(F)F)c1. The standard InChI is InChI=1S/C24H26F3N3O2S/c1-33(31,22-6-4-5-21(15-22)32-24(25,26)27)29-20-12-14-30(17-20)16-18-8-10-19(11-9-18)23-7-2-3-13-28-23/h2-11,13,15,20,29,31H,12,14,16-17H2,1H3. The second kappa shape index (κ2) is 9.72. The molecule has 176 valence electrons. The predicted octanol–water partition coefficient (Wildman–Crippen LogP) is 5.69. The topological polar surface area (TPSA) is 57.6 Å². The van der Waals surface area contributed by atoms with Gasteiger partial charge in [-0.3, -0.25) is 14.6 Å². The van der Waals surface area contributed by atoms with E-state index in [0.717, 1.165) is 37.3 Å². The van der Waals surface area contributed by atoms with Crippen molar-refractivity contribution in [2.45, 2.75) is 30.3 Å². The summed E-state index contributed by atoms with van der Waals surface area (Å²) in [5.41, 5.74) is 3.19. The molecular formula is C24H26F3N3O2S. The number of aromatic nitrogens is 1. The highest BCUT2D eigenvalue weighted by atomic mass is 32.3. The van der Waals surface area contributed by atoms with Crippen molar-refractivity contribution in [1.29, 1.82) is 0 Å². The molecule has 1 fully saturated rings. The molecule has 33 heavy (non-hydrogen) atoms. The molecule has 2 heterocycles. The van der Waals surface area contributed by atoms with E-state index in [1.165, 1.54) is 23.8 Å². The number of pyridine rings is 1. The zero-order valence-corrected chi connectivity index (χ0v) is 18.9. The third kappa shape index (κ3) is 6.48. The maximum absolute atomic E-state index is 12.5. The van der Waals surface area contributed by atoms with Crippen LogP contribution in [0.15, 0.2) is 77.8 Å². The van der Waals surface area contributed by atoms with Crippen LogP contribution in [0, 0.1) is 0 Å². The van der Waals surface area contributed by atoms with E-state index in [1.807, 2.05) is 18.2 Å². The van der Waals surface area contributed by atoms with Crippen LogP contribution >= 0.6 is 10.5 Å². The first-order valence-corrected chi connectivity index (χ1v) is 12.5. The van der Waals surface area contributed by atoms with Crippen molar-refractivity contribution in [3.63, 3.8) is 0 Å². The minimum Gasteiger partial charge on any atom is -0.406 e. The first kappa shape index (κ1) is 23.6. The van der Waals surface area contributed by atoms with E-state index in [4.69, 9.17) is 0 Å². The lowest BCUT2D eigenvalue weighted by Crippen LogP contribution is -2.34. The Bertz CT molecular complexity index is 1060. The van der Waals surface area contributed by atoms with E-state index in [9.17, 15) is 17.7 Å². The van der Waals surface area contributed by atoms with E-state index in [0.29, 0.717) is 4.90 Å². The van der Waals surface area contributed by atoms with Gasteiger partial charge in [0.05, 0.1) is 5.69 Å². The van der Waals surface area contributed by atoms with Gasteiger partial charge in [0, 0.05) is 48.6 Å². The number of ether oxygens (including phenoxy) is 1. The van der Waals surface area contributed by atoms with Crippen LogP contribution in [0.1, 0.15) is 12.0 Å². The minimum absolute atomic E-state index is 0.0370. The summed E-state index contributed by atoms with van der Waals surface area (Å²) in [6, 6.07) is 19.7. The lowest BCUT2D eigenvalue weighted by atomic mass is 10.1. The summed E-state index contributed by atoms with van der Waals surface area (Å²) in [4.78, 5) is 7.06. The van der Waals surface area contributed by atoms with Gasteiger partial charge >= 0.3 is 6.36 Å². The average molecular weight is 478 g/mol. The average Bonchev–Trinajstić information content (AvgIpc) is 3.20. The number of nitrogens with one attached hydrogen (secondary N) is 1. The van der Waals surface area contributed by atoms with Crippen molar-refractivity contribution < 1.29 is 22.5 Å². The number of hydrogen-bond donors (Lipinski definition) is 2. The van der Waals surface area contributed by atoms with E-state index in [-0.39, 0.29) is 11.8 Å². The second-order valence-corrected chi connectivity index (χ2v) is 10.6. The second-order valence-electron chi connectivity index (χ2n) is 8.15. The van der Waals surface area contributed by atoms with Crippen LogP contribution in [-0.2, 0) is 6.54 Å². The van der Waals surface area contributed by atoms with Gasteiger partial charge in [-0.15, -0.1) is 13.2 Å². The highest BCUT2D eigenvalue weighted by Crippen LogP contribution is 2.47. The van der Waals surface area contributed by atoms with Crippen LogP contribution in [-0.4, -0.2) is 46.2 Å². The first-order chi connectivity index (χ1) is 15.7. The van der Waals surface area contributed by atoms with E-state index in [1.54, 1.807) is 18.5 Å². The zero-order valence-electron chi connectivity index (χ0n) is 18.1. The Balaban J connectivity index is 1.34. The third-order valence-electron chi connectivity index (χ3n) is 5.49. The Hall–Kier alpha value is -2.59. The molecule has 1 aliphatic heterocycles. The minimum atomic E-state index is -4.77. The molecule has 0 aliphatic carbocycles. The molecule has 4 rings (SSSR count). The van der Waals surface area contributed by atoms with Gasteiger partial charge in [0.2, 0.25) is 0 Å². The van der Waals surface area contributed by atoms with E-state index < -0.39 is 16.9 Å². The third-order valence-corrected chi connectivity index (χ3v) is 7.45. The molecule has 9 heteroatoms. The largest absolute Gasteiger partial charge is 0.573 e. The van der Waals surface area contributed by atoms with Gasteiger partial charge in [0.15, 0.2) is 0 Å². The molecule has 2 atom stereocenters. The van der Waals surface area contributed by atoms with E-state index in [2.05, 4.69) is 43.6 Å². The fraction of sp³-hybridized carbons (Fsp3) is 0.292. The Morgan fingerprint density at radius 3 is 2.61 bits per heavy atom. The summed E-state index contributed by atoms with van der Waals surface area (Å²) in [5.74, 6) is -0.336. The van der Waals surface area contributed by atoms with Gasteiger partial charge in [0.25, 0.3) is 0 Å². The summed E-state index contributed by atoms with van der Waals surface area (Å²) in [6.07, 6.45) is -0.529. The highest BCUT2D eigenvalue weighted by molar-refractivity contribution is 8.27. The van der Waals surface area contributed by atoms with Crippen molar-refractivity contribution in [1.82, 2.24) is 14.6 Å². The van der Waals surface area contributed by atoms with Crippen LogP contribution < -0.4 is 9.46 Å². The van der Waals surface area contributed by atoms with Gasteiger partial charge in [-0.2, -0.15) is 0 Å². The molecule has 1 saturated heterocycles. The molecule has 1 aromatic heterocycles. The Morgan fingerprint density at radius 1 is 1.12 bits per heavy atom. The molecule has 0 bridgehead atoms. The predicted molar refractivity (Wildman–Crippen MR) is 124 cm³/mol. The maximum Gasteiger partial charge on any atom is 0.573 e. The Morgan fingerprint density at radius 2 is 1.91 bits per heavy atom. The Kier molecular flexibility index (Phi) is 6.94. The quantitative estimate of drug-likeness (QED) is 0.458. The molecule has 2 N–H and O–H groups in total. The fourth-order valence-electron chi connectivity index (χ4n) is 3.96. The number of alkyl halides is 3. The van der Waals surface area contributed by atoms with E-state index >= 15 is 0 Å². The molecular weight excluding hydrogens is 451 g/mol. The molecule has 0 radical (unpaired) electrons. The zero-order chi connectivity index (χ0) is 23.5. The van der Waals surface area contributed by atoms with Crippen LogP contribution in [0.2, 0.25) is 0 Å². The number of benzene rings is 2. The lowest BCUT2D eigenvalue weighted by molar-refractivity contribution is -0.274. The fourth-order valence-corrected chi connectivity index (χ4v) is 5.62. The summed E-state index contributed by atoms with van der Waals surface area (Å²) in [6.45, 7) is 2.39. The molecule has 0 saturated carbocycles. The summed E-state index contributed by atoms with van der Waals surface area (Å²) < 4.78 is 55.8. The van der Waals surface area contributed by atoms with Crippen molar-refractivity contribution in [3.05, 3.63) is 78.5 Å². The molecule has 5 nitrogen and oxygen atoms in total. The molecule has 3 aromatic rings. The van der Waals surface area contributed by atoms with Gasteiger partial charge < -0.3 is 9.29 Å². The highest BCUT2D eigenvalue weighted by Gasteiger charge is 2.32. The lowest BCUT2D eigenvalue weighted by Gasteiger charge is -2.34. The maximum atomic E-state index is 12.5. The van der Waals surface area contributed by atoms with Crippen molar-refractivity contribution >= 4 is 10.5 Å². The van der Waals surface area contributed by atoms with Crippen LogP contribution in [0.25, 0.3) is 11.3 Å². The number of hydrogen-bond acceptors (Lipinski definition) is 5. The number of nitrogens with zero attached hydrogens (tertiary/aromatic N) is 2. The molecule has 2 aromatic carbocycles. The number of halogens is 3. The summed E-state index contributed by atoms with van der Waals surface area (Å²) in [5, 5.41) is 0. The Labute approximate surface area is 192 Å². The van der Waals surface area contributed by atoms with Crippen molar-refractivity contribution in [3.8, 4) is 17.0 Å². The molecule has 0 spiro atoms. The monoisotopic (exact) mass is 477 g/mol. The first-order valence-electron chi connectivity index (χ1n) is 10.5. The number of rotatable bonds is 7. The molecule has 2 unspecified atom stereocenters. The van der Waals surface area contributed by atoms with Crippen LogP contribution in [0.4, 0.5) is 13.2 Å². The van der Waals surface area contributed by atoms with Gasteiger partial charge in [-0.05, 0) is 42.3 Å². The number of likely N-dealkylation sites (tertiary alicyclic amines) is 1. The van der Waals surface area contributed by atoms with Crippen molar-refractivity contribution in [2.75, 3.05) is 19.3 Å². The van der Waals surface area contributed by atoms with Gasteiger partial charge in [0.1, 0.15) is 5.75 Å². The molecule has 0 amide bonds. The normalized spacial score (nSPS) is 19.7. The summed E-state index contributed by atoms with van der Waals surface area (Å²) >= 11 is 0. The van der Waals surface area contributed by atoms with Crippen LogP contribution in [0.5, 0.6) is 5.75 Å².